The summed E-state index contributed by atoms with van der Waals surface area (Å²) in [7, 11) is 0. The van der Waals surface area contributed by atoms with Gasteiger partial charge >= 0.3 is 6.18 Å². The third kappa shape index (κ3) is 1.80. The number of nitrogens with zero attached hydrogens (tertiary/aromatic N) is 2. The molecule has 0 fully saturated rings. The molecule has 2 unspecified atom stereocenters. The first-order valence-electron chi connectivity index (χ1n) is 4.76. The van der Waals surface area contributed by atoms with Gasteiger partial charge in [0.05, 0.1) is 5.69 Å². The third-order valence-electron chi connectivity index (χ3n) is 2.52. The summed E-state index contributed by atoms with van der Waals surface area (Å²) in [5, 5.41) is 2.93. The van der Waals surface area contributed by atoms with Crippen LogP contribution in [0.4, 0.5) is 19.1 Å². The third-order valence-corrected chi connectivity index (χ3v) is 2.52. The second-order valence-electron chi connectivity index (χ2n) is 3.95. The SMILES string of the molecule is Cc1cn2c(n1)NC(C)CC2C(F)(F)F. The number of aryl methyl sites for hydroxylation is 1. The molecule has 0 radical (unpaired) electrons. The van der Waals surface area contributed by atoms with E-state index in [9.17, 15) is 13.2 Å². The van der Waals surface area contributed by atoms with Crippen molar-refractivity contribution < 1.29 is 13.2 Å². The van der Waals surface area contributed by atoms with Crippen molar-refractivity contribution in [2.45, 2.75) is 38.5 Å². The lowest BCUT2D eigenvalue weighted by Crippen LogP contribution is -2.37. The fourth-order valence-electron chi connectivity index (χ4n) is 1.88. The zero-order valence-electron chi connectivity index (χ0n) is 8.47. The number of rotatable bonds is 0. The van der Waals surface area contributed by atoms with Gasteiger partial charge in [0.15, 0.2) is 0 Å². The Morgan fingerprint density at radius 1 is 1.53 bits per heavy atom. The van der Waals surface area contributed by atoms with Crippen molar-refractivity contribution >= 4 is 5.95 Å². The van der Waals surface area contributed by atoms with Gasteiger partial charge in [0.2, 0.25) is 5.95 Å². The number of halogens is 3. The summed E-state index contributed by atoms with van der Waals surface area (Å²) in [6.45, 7) is 3.41. The van der Waals surface area contributed by atoms with Crippen LogP contribution >= 0.6 is 0 Å². The summed E-state index contributed by atoms with van der Waals surface area (Å²) in [5.74, 6) is 0.313. The van der Waals surface area contributed by atoms with Gasteiger partial charge in [-0.1, -0.05) is 0 Å². The predicted molar refractivity (Wildman–Crippen MR) is 49.8 cm³/mol. The first-order chi connectivity index (χ1) is 6.88. The maximum absolute atomic E-state index is 12.7. The standard InChI is InChI=1S/C9H12F3N3/c1-5-3-7(9(10,11)12)15-4-6(2)14-8(15)13-5/h4-5,7H,3H2,1-2H3,(H,13,14). The van der Waals surface area contributed by atoms with Crippen LogP contribution in [0.2, 0.25) is 0 Å². The molecular weight excluding hydrogens is 207 g/mol. The Hall–Kier alpha value is -1.20. The summed E-state index contributed by atoms with van der Waals surface area (Å²) in [4.78, 5) is 4.02. The zero-order chi connectivity index (χ0) is 11.2. The van der Waals surface area contributed by atoms with Gasteiger partial charge in [0.25, 0.3) is 0 Å². The Kier molecular flexibility index (Phi) is 2.17. The van der Waals surface area contributed by atoms with Crippen LogP contribution in [0.5, 0.6) is 0 Å². The van der Waals surface area contributed by atoms with Crippen molar-refractivity contribution in [3.05, 3.63) is 11.9 Å². The molecule has 2 atom stereocenters. The van der Waals surface area contributed by atoms with E-state index < -0.39 is 12.2 Å². The van der Waals surface area contributed by atoms with E-state index in [1.807, 2.05) is 0 Å². The van der Waals surface area contributed by atoms with Gasteiger partial charge in [-0.3, -0.25) is 0 Å². The van der Waals surface area contributed by atoms with Crippen LogP contribution in [-0.2, 0) is 0 Å². The number of fused-ring (bicyclic) bond motifs is 1. The monoisotopic (exact) mass is 219 g/mol. The van der Waals surface area contributed by atoms with E-state index in [1.165, 1.54) is 10.8 Å². The molecule has 1 aromatic heterocycles. The van der Waals surface area contributed by atoms with Crippen molar-refractivity contribution in [2.75, 3.05) is 5.32 Å². The minimum atomic E-state index is -4.21. The van der Waals surface area contributed by atoms with Crippen molar-refractivity contribution in [1.82, 2.24) is 9.55 Å². The molecule has 0 saturated heterocycles. The Balaban J connectivity index is 2.42. The molecule has 3 nitrogen and oxygen atoms in total. The molecule has 6 heteroatoms. The van der Waals surface area contributed by atoms with Gasteiger partial charge in [-0.15, -0.1) is 0 Å². The Labute approximate surface area is 85.3 Å². The van der Waals surface area contributed by atoms with Crippen LogP contribution in [0.1, 0.15) is 25.1 Å². The number of imidazole rings is 1. The van der Waals surface area contributed by atoms with Gasteiger partial charge < -0.3 is 9.88 Å². The predicted octanol–water partition coefficient (Wildman–Crippen LogP) is 2.50. The van der Waals surface area contributed by atoms with Gasteiger partial charge in [-0.05, 0) is 20.3 Å². The summed E-state index contributed by atoms with van der Waals surface area (Å²) in [5.41, 5.74) is 0.598. The van der Waals surface area contributed by atoms with Gasteiger partial charge in [-0.25, -0.2) is 4.98 Å². The van der Waals surface area contributed by atoms with Gasteiger partial charge in [0, 0.05) is 12.2 Å². The van der Waals surface area contributed by atoms with Crippen LogP contribution < -0.4 is 5.32 Å². The molecule has 1 aromatic rings. The summed E-state index contributed by atoms with van der Waals surface area (Å²) in [6, 6.07) is -1.66. The molecule has 1 aliphatic heterocycles. The Bertz CT molecular complexity index is 369. The molecule has 0 amide bonds. The highest BCUT2D eigenvalue weighted by Gasteiger charge is 2.44. The zero-order valence-corrected chi connectivity index (χ0v) is 8.47. The number of anilines is 1. The maximum atomic E-state index is 12.7. The number of alkyl halides is 3. The normalized spacial score (nSPS) is 25.9. The van der Waals surface area contributed by atoms with Crippen LogP contribution in [0.15, 0.2) is 6.20 Å². The molecule has 2 rings (SSSR count). The van der Waals surface area contributed by atoms with E-state index in [0.717, 1.165) is 0 Å². The highest BCUT2D eigenvalue weighted by Crippen LogP contribution is 2.39. The molecule has 84 valence electrons. The molecule has 0 saturated carbocycles. The second-order valence-corrected chi connectivity index (χ2v) is 3.95. The quantitative estimate of drug-likeness (QED) is 0.726. The molecular formula is C9H12F3N3. The van der Waals surface area contributed by atoms with Crippen molar-refractivity contribution in [1.29, 1.82) is 0 Å². The Morgan fingerprint density at radius 2 is 2.20 bits per heavy atom. The molecule has 0 aromatic carbocycles. The van der Waals surface area contributed by atoms with Crippen LogP contribution in [-0.4, -0.2) is 21.8 Å². The summed E-state index contributed by atoms with van der Waals surface area (Å²) >= 11 is 0. The fourth-order valence-corrected chi connectivity index (χ4v) is 1.88. The minimum absolute atomic E-state index is 0.0479. The molecule has 2 heterocycles. The highest BCUT2D eigenvalue weighted by atomic mass is 19.4. The van der Waals surface area contributed by atoms with Crippen LogP contribution in [0.3, 0.4) is 0 Å². The number of hydrogen-bond acceptors (Lipinski definition) is 2. The van der Waals surface area contributed by atoms with E-state index >= 15 is 0 Å². The first kappa shape index (κ1) is 10.3. The average Bonchev–Trinajstić information content (AvgIpc) is 2.41. The highest BCUT2D eigenvalue weighted by molar-refractivity contribution is 5.33. The molecule has 15 heavy (non-hydrogen) atoms. The largest absolute Gasteiger partial charge is 0.409 e. The smallest absolute Gasteiger partial charge is 0.353 e. The molecule has 1 aliphatic rings. The van der Waals surface area contributed by atoms with Gasteiger partial charge in [0.1, 0.15) is 6.04 Å². The van der Waals surface area contributed by atoms with E-state index in [1.54, 1.807) is 13.8 Å². The van der Waals surface area contributed by atoms with E-state index in [-0.39, 0.29) is 12.5 Å². The summed E-state index contributed by atoms with van der Waals surface area (Å²) < 4.78 is 39.4. The number of aromatic nitrogens is 2. The van der Waals surface area contributed by atoms with E-state index in [2.05, 4.69) is 10.3 Å². The average molecular weight is 219 g/mol. The lowest BCUT2D eigenvalue weighted by molar-refractivity contribution is -0.170. The number of nitrogens with one attached hydrogen (secondary N) is 1. The summed E-state index contributed by atoms with van der Waals surface area (Å²) in [6.07, 6.45) is -2.73. The Morgan fingerprint density at radius 3 is 2.80 bits per heavy atom. The molecule has 1 N–H and O–H groups in total. The molecule has 0 spiro atoms. The van der Waals surface area contributed by atoms with Crippen LogP contribution in [0, 0.1) is 6.92 Å². The fraction of sp³-hybridized carbons (Fsp3) is 0.667. The van der Waals surface area contributed by atoms with Crippen molar-refractivity contribution in [2.24, 2.45) is 0 Å². The number of hydrogen-bond donors (Lipinski definition) is 1. The second kappa shape index (κ2) is 3.15. The van der Waals surface area contributed by atoms with Crippen molar-refractivity contribution in [3.63, 3.8) is 0 Å². The lowest BCUT2D eigenvalue weighted by atomic mass is 10.1. The van der Waals surface area contributed by atoms with E-state index in [0.29, 0.717) is 11.6 Å². The maximum Gasteiger partial charge on any atom is 0.409 e. The van der Waals surface area contributed by atoms with Crippen LogP contribution in [0.25, 0.3) is 0 Å². The van der Waals surface area contributed by atoms with E-state index in [4.69, 9.17) is 0 Å². The lowest BCUT2D eigenvalue weighted by Gasteiger charge is -2.31. The topological polar surface area (TPSA) is 29.9 Å². The molecule has 0 bridgehead atoms. The van der Waals surface area contributed by atoms with Crippen molar-refractivity contribution in [3.8, 4) is 0 Å². The molecule has 0 aliphatic carbocycles. The van der Waals surface area contributed by atoms with Gasteiger partial charge in [-0.2, -0.15) is 13.2 Å². The minimum Gasteiger partial charge on any atom is -0.353 e. The first-order valence-corrected chi connectivity index (χ1v) is 4.76.